The molecule has 2 aromatic carbocycles. The summed E-state index contributed by atoms with van der Waals surface area (Å²) in [6.07, 6.45) is -1.01. The molecule has 3 nitrogen and oxygen atoms in total. The maximum atomic E-state index is 12.4. The zero-order valence-corrected chi connectivity index (χ0v) is 17.7. The van der Waals surface area contributed by atoms with Gasteiger partial charge in [0.05, 0.1) is 10.7 Å². The topological polar surface area (TPSA) is 41.1 Å². The number of alkyl halides is 3. The first-order chi connectivity index (χ1) is 11.2. The number of rotatable bonds is 4. The molecule has 2 N–H and O–H groups in total. The van der Waals surface area contributed by atoms with Crippen molar-refractivity contribution in [3.8, 4) is 0 Å². The molecule has 0 unspecified atom stereocenters. The van der Waals surface area contributed by atoms with Crippen LogP contribution in [0.3, 0.4) is 0 Å². The van der Waals surface area contributed by atoms with Gasteiger partial charge in [0.25, 0.3) is 5.91 Å². The lowest BCUT2D eigenvalue weighted by molar-refractivity contribution is 0.0942. The number of hydrogen-bond acceptors (Lipinski definition) is 2. The number of amides is 1. The Morgan fingerprint density at radius 3 is 2.38 bits per heavy atom. The molecule has 0 saturated heterocycles. The predicted octanol–water partition coefficient (Wildman–Crippen LogP) is 6.14. The third-order valence-corrected chi connectivity index (χ3v) is 4.79. The highest BCUT2D eigenvalue weighted by Gasteiger charge is 2.34. The summed E-state index contributed by atoms with van der Waals surface area (Å²) in [6.45, 7) is 0. The second kappa shape index (κ2) is 8.52. The Morgan fingerprint density at radius 1 is 1.08 bits per heavy atom. The molecule has 0 spiro atoms. The fourth-order valence-corrected chi connectivity index (χ4v) is 3.14. The number of benzene rings is 2. The van der Waals surface area contributed by atoms with E-state index < -0.39 is 9.96 Å². The largest absolute Gasteiger partial charge is 0.361 e. The van der Waals surface area contributed by atoms with Crippen LogP contribution in [-0.2, 0) is 0 Å². The second-order valence-electron chi connectivity index (χ2n) is 4.73. The highest BCUT2D eigenvalue weighted by Crippen LogP contribution is 2.33. The molecule has 0 aliphatic rings. The molecule has 0 aliphatic carbocycles. The van der Waals surface area contributed by atoms with Gasteiger partial charge in [0, 0.05) is 14.2 Å². The molecule has 0 aliphatic heterocycles. The van der Waals surface area contributed by atoms with E-state index in [0.717, 1.165) is 3.57 Å². The molecule has 0 bridgehead atoms. The van der Waals surface area contributed by atoms with E-state index in [-0.39, 0.29) is 5.91 Å². The molecule has 0 heterocycles. The van der Waals surface area contributed by atoms with Gasteiger partial charge < -0.3 is 10.6 Å². The van der Waals surface area contributed by atoms with Crippen molar-refractivity contribution in [1.82, 2.24) is 5.32 Å². The van der Waals surface area contributed by atoms with Crippen LogP contribution in [0.5, 0.6) is 0 Å². The van der Waals surface area contributed by atoms with E-state index in [1.54, 1.807) is 36.4 Å². The first kappa shape index (κ1) is 20.2. The van der Waals surface area contributed by atoms with Gasteiger partial charge in [0.2, 0.25) is 3.79 Å². The van der Waals surface area contributed by atoms with Gasteiger partial charge in [-0.15, -0.1) is 0 Å². The first-order valence-corrected chi connectivity index (χ1v) is 9.48. The average molecular weight is 538 g/mol. The number of halogens is 6. The zero-order valence-electron chi connectivity index (χ0n) is 11.8. The van der Waals surface area contributed by atoms with Gasteiger partial charge in [-0.2, -0.15) is 0 Å². The summed E-state index contributed by atoms with van der Waals surface area (Å²) in [4.78, 5) is 12.4. The van der Waals surface area contributed by atoms with Gasteiger partial charge in [-0.3, -0.25) is 4.79 Å². The Labute approximate surface area is 178 Å². The fraction of sp³-hybridized carbons (Fsp3) is 0.133. The average Bonchev–Trinajstić information content (AvgIpc) is 2.48. The fourth-order valence-electron chi connectivity index (χ4n) is 1.81. The highest BCUT2D eigenvalue weighted by molar-refractivity contribution is 14.1. The van der Waals surface area contributed by atoms with E-state index >= 15 is 0 Å². The summed E-state index contributed by atoms with van der Waals surface area (Å²) in [6, 6.07) is 11.8. The lowest BCUT2D eigenvalue weighted by atomic mass is 10.2. The predicted molar refractivity (Wildman–Crippen MR) is 111 cm³/mol. The Balaban J connectivity index is 2.21. The summed E-state index contributed by atoms with van der Waals surface area (Å²) in [5.74, 6) is -0.387. The van der Waals surface area contributed by atoms with Crippen molar-refractivity contribution in [2.45, 2.75) is 9.96 Å². The summed E-state index contributed by atoms with van der Waals surface area (Å²) >= 11 is 32.0. The molecule has 2 rings (SSSR count). The Kier molecular flexibility index (Phi) is 7.17. The molecule has 0 fully saturated rings. The third kappa shape index (κ3) is 5.71. The van der Waals surface area contributed by atoms with E-state index in [9.17, 15) is 4.79 Å². The SMILES string of the molecule is O=C(N[C@@H](Nc1ccc(Cl)cc1Cl)C(Cl)(Cl)Cl)c1cccc(I)c1. The molecule has 0 aromatic heterocycles. The summed E-state index contributed by atoms with van der Waals surface area (Å²) in [7, 11) is 0. The van der Waals surface area contributed by atoms with Gasteiger partial charge in [-0.25, -0.2) is 0 Å². The minimum absolute atomic E-state index is 0.338. The number of hydrogen-bond donors (Lipinski definition) is 2. The Hall–Kier alpha value is -0.110. The zero-order chi connectivity index (χ0) is 17.9. The molecule has 24 heavy (non-hydrogen) atoms. The van der Waals surface area contributed by atoms with Crippen LogP contribution in [0.2, 0.25) is 10.0 Å². The molecule has 9 heteroatoms. The lowest BCUT2D eigenvalue weighted by Crippen LogP contribution is -2.49. The standard InChI is InChI=1S/C15H10Cl5IN2O/c16-9-4-5-12(11(17)7-9)22-14(15(18,19)20)23-13(24)8-2-1-3-10(21)6-8/h1-7,14,22H,(H,23,24)/t14-/m1/s1. The van der Waals surface area contributed by atoms with E-state index in [1.165, 1.54) is 0 Å². The van der Waals surface area contributed by atoms with Crippen molar-refractivity contribution in [2.24, 2.45) is 0 Å². The van der Waals surface area contributed by atoms with Gasteiger partial charge in [0.1, 0.15) is 6.17 Å². The molecule has 1 amide bonds. The minimum atomic E-state index is -1.81. The Bertz CT molecular complexity index is 751. The molecule has 2 aromatic rings. The van der Waals surface area contributed by atoms with Crippen molar-refractivity contribution < 1.29 is 4.79 Å². The van der Waals surface area contributed by atoms with Crippen LogP contribution < -0.4 is 10.6 Å². The molecule has 0 radical (unpaired) electrons. The van der Waals surface area contributed by atoms with Gasteiger partial charge in [-0.05, 0) is 59.0 Å². The van der Waals surface area contributed by atoms with Crippen LogP contribution in [0.25, 0.3) is 0 Å². The van der Waals surface area contributed by atoms with Crippen molar-refractivity contribution in [3.63, 3.8) is 0 Å². The van der Waals surface area contributed by atoms with Crippen molar-refractivity contribution in [1.29, 1.82) is 0 Å². The minimum Gasteiger partial charge on any atom is -0.361 e. The first-order valence-electron chi connectivity index (χ1n) is 6.51. The molecule has 0 saturated carbocycles. The maximum Gasteiger partial charge on any atom is 0.253 e. The normalized spacial score (nSPS) is 12.6. The number of carbonyl (C=O) groups excluding carboxylic acids is 1. The van der Waals surface area contributed by atoms with Crippen LogP contribution in [0.4, 0.5) is 5.69 Å². The van der Waals surface area contributed by atoms with Crippen molar-refractivity contribution in [3.05, 3.63) is 61.6 Å². The second-order valence-corrected chi connectivity index (χ2v) is 9.19. The van der Waals surface area contributed by atoms with Crippen molar-refractivity contribution in [2.75, 3.05) is 5.32 Å². The van der Waals surface area contributed by atoms with Crippen LogP contribution >= 0.6 is 80.6 Å². The molecule has 128 valence electrons. The van der Waals surface area contributed by atoms with Crippen LogP contribution in [0, 0.1) is 3.57 Å². The maximum absolute atomic E-state index is 12.4. The van der Waals surface area contributed by atoms with E-state index in [4.69, 9.17) is 58.0 Å². The monoisotopic (exact) mass is 536 g/mol. The lowest BCUT2D eigenvalue weighted by Gasteiger charge is -2.28. The van der Waals surface area contributed by atoms with E-state index in [1.807, 2.05) is 6.07 Å². The summed E-state index contributed by atoms with van der Waals surface area (Å²) < 4.78 is -0.889. The van der Waals surface area contributed by atoms with Crippen LogP contribution in [-0.4, -0.2) is 15.9 Å². The van der Waals surface area contributed by atoms with Crippen LogP contribution in [0.1, 0.15) is 10.4 Å². The number of anilines is 1. The van der Waals surface area contributed by atoms with Gasteiger partial charge in [-0.1, -0.05) is 64.1 Å². The third-order valence-electron chi connectivity index (χ3n) is 2.92. The van der Waals surface area contributed by atoms with E-state index in [0.29, 0.717) is 21.3 Å². The van der Waals surface area contributed by atoms with Gasteiger partial charge in [0.15, 0.2) is 0 Å². The Morgan fingerprint density at radius 2 is 1.79 bits per heavy atom. The number of nitrogens with one attached hydrogen (secondary N) is 2. The molecular weight excluding hydrogens is 528 g/mol. The summed E-state index contributed by atoms with van der Waals surface area (Å²) in [5, 5.41) is 6.37. The highest BCUT2D eigenvalue weighted by atomic mass is 127. The quantitative estimate of drug-likeness (QED) is 0.279. The smallest absolute Gasteiger partial charge is 0.253 e. The molecular formula is C15H10Cl5IN2O. The molecule has 1 atom stereocenters. The summed E-state index contributed by atoms with van der Waals surface area (Å²) in [5.41, 5.74) is 0.922. The number of carbonyl (C=O) groups is 1. The van der Waals surface area contributed by atoms with Gasteiger partial charge >= 0.3 is 0 Å². The van der Waals surface area contributed by atoms with Crippen LogP contribution in [0.15, 0.2) is 42.5 Å². The van der Waals surface area contributed by atoms with E-state index in [2.05, 4.69) is 33.2 Å². The van der Waals surface area contributed by atoms with Crippen molar-refractivity contribution >= 4 is 92.2 Å².